The largest absolute Gasteiger partial charge is 0.331 e. The molecule has 1 amide bonds. The minimum Gasteiger partial charge on any atom is -0.331 e. The number of benzene rings is 2. The number of carbonyl (C=O) groups is 1. The van der Waals surface area contributed by atoms with E-state index in [4.69, 9.17) is 11.4 Å². The second kappa shape index (κ2) is 6.82. The van der Waals surface area contributed by atoms with E-state index in [1.165, 1.54) is 6.33 Å². The number of carbonyl (C=O) groups excluding carboxylic acids is 1. The maximum Gasteiger partial charge on any atom is 0.256 e. The van der Waals surface area contributed by atoms with Crippen molar-refractivity contribution >= 4 is 16.9 Å². The molecule has 1 aliphatic heterocycles. The fourth-order valence-corrected chi connectivity index (χ4v) is 4.21. The van der Waals surface area contributed by atoms with Crippen molar-refractivity contribution < 1.29 is 4.79 Å². The van der Waals surface area contributed by atoms with Crippen molar-refractivity contribution in [2.24, 2.45) is 0 Å². The zero-order valence-corrected chi connectivity index (χ0v) is 16.7. The van der Waals surface area contributed by atoms with E-state index in [2.05, 4.69) is 33.4 Å². The normalized spacial score (nSPS) is 15.4. The highest BCUT2D eigenvalue weighted by atomic mass is 16.2. The molecule has 2 aromatic heterocycles. The van der Waals surface area contributed by atoms with E-state index in [9.17, 15) is 4.79 Å². The van der Waals surface area contributed by atoms with E-state index in [0.717, 1.165) is 34.4 Å². The predicted octanol–water partition coefficient (Wildman–Crippen LogP) is 4.00. The average molecular weight is 393 g/mol. The summed E-state index contributed by atoms with van der Waals surface area (Å²) in [6, 6.07) is 11.4. The first-order valence-corrected chi connectivity index (χ1v) is 9.79. The Morgan fingerprint density at radius 2 is 1.93 bits per heavy atom. The first-order valence-electron chi connectivity index (χ1n) is 9.79. The van der Waals surface area contributed by atoms with E-state index in [1.807, 2.05) is 37.4 Å². The molecule has 6 nitrogen and oxygen atoms in total. The van der Waals surface area contributed by atoms with E-state index in [1.54, 1.807) is 17.3 Å². The fraction of sp³-hybridized carbons (Fsp3) is 0.167. The molecule has 2 aromatic carbocycles. The van der Waals surface area contributed by atoms with Gasteiger partial charge in [-0.2, -0.15) is 0 Å². The maximum absolute atomic E-state index is 13.3. The van der Waals surface area contributed by atoms with Gasteiger partial charge >= 0.3 is 0 Å². The monoisotopic (exact) mass is 393 g/mol. The fourth-order valence-electron chi connectivity index (χ4n) is 4.21. The Morgan fingerprint density at radius 1 is 1.13 bits per heavy atom. The lowest BCUT2D eigenvalue weighted by Crippen LogP contribution is -2.30. The van der Waals surface area contributed by atoms with E-state index >= 15 is 0 Å². The van der Waals surface area contributed by atoms with Crippen LogP contribution in [0.2, 0.25) is 0 Å². The van der Waals surface area contributed by atoms with Gasteiger partial charge in [-0.05, 0) is 36.2 Å². The van der Waals surface area contributed by atoms with Gasteiger partial charge in [-0.3, -0.25) is 9.36 Å². The Bertz CT molecular complexity index is 1330. The molecule has 0 bridgehead atoms. The highest BCUT2D eigenvalue weighted by Gasteiger charge is 2.34. The summed E-state index contributed by atoms with van der Waals surface area (Å²) >= 11 is 0. The Labute approximate surface area is 174 Å². The molecular formula is C24H19N5O. The first kappa shape index (κ1) is 18.1. The Balaban J connectivity index is 1.90. The number of hydrogen-bond acceptors (Lipinski definition) is 4. The van der Waals surface area contributed by atoms with Crippen molar-refractivity contribution in [1.29, 1.82) is 0 Å². The molecule has 0 radical (unpaired) electrons. The standard InChI is InChI=1S/C24H19N5O/c1-4-15-7-6-8-18-22(15)29-21-11-16(17-12-25-14-26-13-17)9-10-19(21)27-23(29)20(5-2)28(3)24(18)30/h1,6-14,20H,5H2,2-3H3. The topological polar surface area (TPSA) is 63.9 Å². The molecule has 0 N–H and O–H groups in total. The van der Waals surface area contributed by atoms with Crippen molar-refractivity contribution in [3.8, 4) is 29.2 Å². The van der Waals surface area contributed by atoms with Crippen molar-refractivity contribution in [1.82, 2.24) is 24.4 Å². The van der Waals surface area contributed by atoms with Crippen LogP contribution in [0.3, 0.4) is 0 Å². The minimum atomic E-state index is -0.161. The first-order chi connectivity index (χ1) is 14.6. The second-order valence-electron chi connectivity index (χ2n) is 7.32. The molecule has 0 spiro atoms. The van der Waals surface area contributed by atoms with Gasteiger partial charge in [-0.25, -0.2) is 15.0 Å². The van der Waals surface area contributed by atoms with Crippen LogP contribution in [0.15, 0.2) is 55.1 Å². The third-order valence-corrected chi connectivity index (χ3v) is 5.69. The number of fused-ring (bicyclic) bond motifs is 5. The molecule has 30 heavy (non-hydrogen) atoms. The predicted molar refractivity (Wildman–Crippen MR) is 115 cm³/mol. The third kappa shape index (κ3) is 2.52. The molecular weight excluding hydrogens is 374 g/mol. The Hall–Kier alpha value is -3.98. The Kier molecular flexibility index (Phi) is 4.11. The number of rotatable bonds is 2. The summed E-state index contributed by atoms with van der Waals surface area (Å²) in [4.78, 5) is 28.2. The summed E-state index contributed by atoms with van der Waals surface area (Å²) in [5, 5.41) is 0. The SMILES string of the molecule is C#Cc1cccc2c1-n1c(nc3ccc(-c4cncnc4)cc31)C(CC)N(C)C2=O. The number of amides is 1. The lowest BCUT2D eigenvalue weighted by Gasteiger charge is -2.24. The van der Waals surface area contributed by atoms with Crippen LogP contribution >= 0.6 is 0 Å². The van der Waals surface area contributed by atoms with Gasteiger partial charge in [-0.1, -0.05) is 25.0 Å². The van der Waals surface area contributed by atoms with Crippen molar-refractivity contribution in [2.45, 2.75) is 19.4 Å². The van der Waals surface area contributed by atoms with Gasteiger partial charge in [-0.15, -0.1) is 6.42 Å². The van der Waals surface area contributed by atoms with Gasteiger partial charge in [0.25, 0.3) is 5.91 Å². The number of nitrogens with zero attached hydrogens (tertiary/aromatic N) is 5. The molecule has 0 saturated heterocycles. The van der Waals surface area contributed by atoms with Crippen LogP contribution < -0.4 is 0 Å². The van der Waals surface area contributed by atoms with E-state index in [0.29, 0.717) is 16.8 Å². The Morgan fingerprint density at radius 3 is 2.67 bits per heavy atom. The van der Waals surface area contributed by atoms with Gasteiger partial charge in [0.1, 0.15) is 12.2 Å². The lowest BCUT2D eigenvalue weighted by atomic mass is 10.1. The number of terminal acetylenes is 1. The van der Waals surface area contributed by atoms with Crippen LogP contribution in [0, 0.1) is 12.3 Å². The molecule has 1 aliphatic rings. The van der Waals surface area contributed by atoms with Gasteiger partial charge in [0.15, 0.2) is 0 Å². The molecule has 4 aromatic rings. The van der Waals surface area contributed by atoms with Crippen molar-refractivity contribution in [2.75, 3.05) is 7.05 Å². The minimum absolute atomic E-state index is 0.0554. The van der Waals surface area contributed by atoms with Gasteiger partial charge < -0.3 is 4.90 Å². The van der Waals surface area contributed by atoms with Gasteiger partial charge in [0.05, 0.1) is 28.3 Å². The molecule has 6 heteroatoms. The number of imidazole rings is 1. The zero-order chi connectivity index (χ0) is 20.8. The summed E-state index contributed by atoms with van der Waals surface area (Å²) in [5.41, 5.74) is 5.60. The molecule has 3 heterocycles. The molecule has 0 saturated carbocycles. The summed E-state index contributed by atoms with van der Waals surface area (Å²) in [6.45, 7) is 2.06. The summed E-state index contributed by atoms with van der Waals surface area (Å²) in [6.07, 6.45) is 11.6. The van der Waals surface area contributed by atoms with E-state index < -0.39 is 0 Å². The summed E-state index contributed by atoms with van der Waals surface area (Å²) < 4.78 is 2.06. The number of hydrogen-bond donors (Lipinski definition) is 0. The highest BCUT2D eigenvalue weighted by molar-refractivity contribution is 6.01. The van der Waals surface area contributed by atoms with Crippen LogP contribution in [-0.2, 0) is 0 Å². The maximum atomic E-state index is 13.3. The molecule has 1 unspecified atom stereocenters. The van der Waals surface area contributed by atoms with Crippen LogP contribution in [0.25, 0.3) is 27.8 Å². The average Bonchev–Trinajstić information content (AvgIpc) is 3.13. The quantitative estimate of drug-likeness (QED) is 0.483. The van der Waals surface area contributed by atoms with Crippen LogP contribution in [0.1, 0.15) is 41.1 Å². The smallest absolute Gasteiger partial charge is 0.256 e. The van der Waals surface area contributed by atoms with Gasteiger partial charge in [0, 0.05) is 30.6 Å². The summed E-state index contributed by atoms with van der Waals surface area (Å²) in [5.74, 6) is 3.51. The lowest BCUT2D eigenvalue weighted by molar-refractivity contribution is 0.0726. The molecule has 1 atom stereocenters. The van der Waals surface area contributed by atoms with Crippen LogP contribution in [0.5, 0.6) is 0 Å². The van der Waals surface area contributed by atoms with E-state index in [-0.39, 0.29) is 11.9 Å². The summed E-state index contributed by atoms with van der Waals surface area (Å²) in [7, 11) is 1.82. The molecule has 146 valence electrons. The third-order valence-electron chi connectivity index (χ3n) is 5.69. The number of para-hydroxylation sites is 1. The number of aromatic nitrogens is 4. The zero-order valence-electron chi connectivity index (χ0n) is 16.7. The molecule has 0 fully saturated rings. The highest BCUT2D eigenvalue weighted by Crippen LogP contribution is 2.37. The van der Waals surface area contributed by atoms with Crippen molar-refractivity contribution in [3.05, 3.63) is 72.1 Å². The van der Waals surface area contributed by atoms with Crippen LogP contribution in [0.4, 0.5) is 0 Å². The molecule has 0 aliphatic carbocycles. The second-order valence-corrected chi connectivity index (χ2v) is 7.32. The van der Waals surface area contributed by atoms with Crippen LogP contribution in [-0.4, -0.2) is 37.4 Å². The van der Waals surface area contributed by atoms with Gasteiger partial charge in [0.2, 0.25) is 0 Å². The van der Waals surface area contributed by atoms with Crippen molar-refractivity contribution in [3.63, 3.8) is 0 Å². The molecule has 5 rings (SSSR count).